The minimum absolute atomic E-state index is 0.0464. The molecule has 4 heteroatoms. The van der Waals surface area contributed by atoms with Crippen LogP contribution in [0.15, 0.2) is 30.3 Å². The van der Waals surface area contributed by atoms with Gasteiger partial charge in [-0.3, -0.25) is 9.59 Å². The van der Waals surface area contributed by atoms with Crippen molar-refractivity contribution in [3.8, 4) is 0 Å². The van der Waals surface area contributed by atoms with Crippen molar-refractivity contribution in [1.29, 1.82) is 0 Å². The Hall–Kier alpha value is -1.84. The summed E-state index contributed by atoms with van der Waals surface area (Å²) >= 11 is 0. The van der Waals surface area contributed by atoms with E-state index < -0.39 is 0 Å². The van der Waals surface area contributed by atoms with Crippen LogP contribution in [0.2, 0.25) is 0 Å². The summed E-state index contributed by atoms with van der Waals surface area (Å²) in [5.74, 6) is 0.107. The van der Waals surface area contributed by atoms with E-state index in [-0.39, 0.29) is 36.4 Å². The van der Waals surface area contributed by atoms with Crippen molar-refractivity contribution >= 4 is 11.8 Å². The zero-order valence-corrected chi connectivity index (χ0v) is 13.0. The molecule has 1 N–H and O–H groups in total. The number of hydrogen-bond acceptors (Lipinski definition) is 2. The summed E-state index contributed by atoms with van der Waals surface area (Å²) in [5.41, 5.74) is 1.26. The Kier molecular flexibility index (Phi) is 4.99. The molecule has 2 amide bonds. The van der Waals surface area contributed by atoms with Gasteiger partial charge < -0.3 is 10.2 Å². The van der Waals surface area contributed by atoms with Gasteiger partial charge in [0.25, 0.3) is 0 Å². The lowest BCUT2D eigenvalue weighted by Crippen LogP contribution is -2.61. The molecule has 1 aliphatic heterocycles. The lowest BCUT2D eigenvalue weighted by molar-refractivity contribution is -0.147. The fraction of sp³-hybridized carbons (Fsp3) is 0.529. The number of nitrogens with one attached hydrogen (secondary N) is 1. The van der Waals surface area contributed by atoms with Gasteiger partial charge >= 0.3 is 0 Å². The van der Waals surface area contributed by atoms with Gasteiger partial charge in [-0.2, -0.15) is 0 Å². The number of nitrogens with zero attached hydrogens (tertiary/aromatic N) is 1. The number of aryl methyl sites for hydroxylation is 1. The van der Waals surface area contributed by atoms with Crippen molar-refractivity contribution in [2.75, 3.05) is 6.54 Å². The van der Waals surface area contributed by atoms with Gasteiger partial charge in [-0.1, -0.05) is 44.2 Å². The molecule has 1 saturated heterocycles. The highest BCUT2D eigenvalue weighted by Crippen LogP contribution is 2.16. The Balaban J connectivity index is 1.98. The van der Waals surface area contributed by atoms with Crippen molar-refractivity contribution in [2.24, 2.45) is 5.92 Å². The summed E-state index contributed by atoms with van der Waals surface area (Å²) in [5, 5.41) is 2.79. The molecule has 1 aromatic rings. The van der Waals surface area contributed by atoms with Gasteiger partial charge in [0.05, 0.1) is 6.54 Å². The lowest BCUT2D eigenvalue weighted by Gasteiger charge is -2.38. The predicted molar refractivity (Wildman–Crippen MR) is 82.7 cm³/mol. The zero-order chi connectivity index (χ0) is 15.4. The smallest absolute Gasteiger partial charge is 0.246 e. The molecule has 114 valence electrons. The molecule has 1 heterocycles. The third-order valence-corrected chi connectivity index (χ3v) is 4.07. The van der Waals surface area contributed by atoms with Gasteiger partial charge in [0.1, 0.15) is 6.04 Å². The molecule has 1 aliphatic rings. The number of carbonyl (C=O) groups is 2. The number of piperazine rings is 1. The number of benzene rings is 1. The van der Waals surface area contributed by atoms with Crippen LogP contribution < -0.4 is 5.32 Å². The zero-order valence-electron chi connectivity index (χ0n) is 13.0. The minimum Gasteiger partial charge on any atom is -0.343 e. The summed E-state index contributed by atoms with van der Waals surface area (Å²) in [6.45, 7) is 6.12. The van der Waals surface area contributed by atoms with Gasteiger partial charge in [-0.15, -0.1) is 0 Å². The second kappa shape index (κ2) is 6.74. The van der Waals surface area contributed by atoms with Gasteiger partial charge in [-0.05, 0) is 31.2 Å². The third-order valence-electron chi connectivity index (χ3n) is 4.07. The number of rotatable bonds is 5. The molecule has 0 bridgehead atoms. The summed E-state index contributed by atoms with van der Waals surface area (Å²) < 4.78 is 0. The summed E-state index contributed by atoms with van der Waals surface area (Å²) in [6, 6.07) is 9.92. The third kappa shape index (κ3) is 3.84. The Labute approximate surface area is 126 Å². The van der Waals surface area contributed by atoms with Crippen LogP contribution in [0.3, 0.4) is 0 Å². The summed E-state index contributed by atoms with van der Waals surface area (Å²) in [6.07, 6.45) is 1.79. The van der Waals surface area contributed by atoms with E-state index in [9.17, 15) is 9.59 Å². The van der Waals surface area contributed by atoms with Crippen LogP contribution in [-0.2, 0) is 16.0 Å². The normalized spacial score (nSPS) is 20.6. The minimum atomic E-state index is -0.384. The molecule has 4 nitrogen and oxygen atoms in total. The Morgan fingerprint density at radius 1 is 1.19 bits per heavy atom. The number of amides is 2. The Morgan fingerprint density at radius 3 is 2.48 bits per heavy atom. The molecular formula is C17H24N2O2. The van der Waals surface area contributed by atoms with Crippen LogP contribution >= 0.6 is 0 Å². The van der Waals surface area contributed by atoms with Crippen LogP contribution in [0.5, 0.6) is 0 Å². The van der Waals surface area contributed by atoms with Gasteiger partial charge in [0.15, 0.2) is 0 Å². The van der Waals surface area contributed by atoms with Crippen molar-refractivity contribution in [2.45, 2.75) is 45.7 Å². The predicted octanol–water partition coefficient (Wildman–Crippen LogP) is 1.99. The molecular weight excluding hydrogens is 264 g/mol. The standard InChI is InChI=1S/C17H24N2O2/c1-12(2)16-17(21)19(11-15(20)18-16)13(3)9-10-14-7-5-4-6-8-14/h4-8,12-13,16H,9-11H2,1-3H3,(H,18,20). The molecule has 1 aromatic carbocycles. The van der Waals surface area contributed by atoms with Gasteiger partial charge in [0.2, 0.25) is 11.8 Å². The fourth-order valence-corrected chi connectivity index (χ4v) is 2.69. The van der Waals surface area contributed by atoms with E-state index in [2.05, 4.69) is 17.4 Å². The van der Waals surface area contributed by atoms with Crippen LogP contribution in [-0.4, -0.2) is 35.3 Å². The highest BCUT2D eigenvalue weighted by Gasteiger charge is 2.36. The first kappa shape index (κ1) is 15.5. The topological polar surface area (TPSA) is 49.4 Å². The molecule has 0 aromatic heterocycles. The molecule has 21 heavy (non-hydrogen) atoms. The van der Waals surface area contributed by atoms with Crippen LogP contribution in [0.25, 0.3) is 0 Å². The fourth-order valence-electron chi connectivity index (χ4n) is 2.69. The maximum Gasteiger partial charge on any atom is 0.246 e. The Morgan fingerprint density at radius 2 is 1.86 bits per heavy atom. The summed E-state index contributed by atoms with van der Waals surface area (Å²) in [7, 11) is 0. The van der Waals surface area contributed by atoms with Crippen LogP contribution in [0.4, 0.5) is 0 Å². The Bertz CT molecular complexity index is 499. The maximum absolute atomic E-state index is 12.5. The molecule has 2 unspecified atom stereocenters. The van der Waals surface area contributed by atoms with E-state index >= 15 is 0 Å². The largest absolute Gasteiger partial charge is 0.343 e. The molecule has 0 aliphatic carbocycles. The van der Waals surface area contributed by atoms with Crippen LogP contribution in [0, 0.1) is 5.92 Å². The molecule has 0 radical (unpaired) electrons. The average molecular weight is 288 g/mol. The molecule has 2 rings (SSSR count). The first-order chi connectivity index (χ1) is 9.99. The second-order valence-electron chi connectivity index (χ2n) is 6.13. The van der Waals surface area contributed by atoms with E-state index in [1.807, 2.05) is 39.0 Å². The van der Waals surface area contributed by atoms with Crippen molar-refractivity contribution in [1.82, 2.24) is 10.2 Å². The van der Waals surface area contributed by atoms with Gasteiger partial charge in [-0.25, -0.2) is 0 Å². The van der Waals surface area contributed by atoms with E-state index in [0.29, 0.717) is 0 Å². The van der Waals surface area contributed by atoms with Crippen molar-refractivity contribution < 1.29 is 9.59 Å². The van der Waals surface area contributed by atoms with E-state index in [1.165, 1.54) is 5.56 Å². The second-order valence-corrected chi connectivity index (χ2v) is 6.13. The lowest BCUT2D eigenvalue weighted by atomic mass is 9.98. The maximum atomic E-state index is 12.5. The first-order valence-corrected chi connectivity index (χ1v) is 7.63. The SMILES string of the molecule is CC(C)C1NC(=O)CN(C(C)CCc2ccccc2)C1=O. The molecule has 2 atom stereocenters. The summed E-state index contributed by atoms with van der Waals surface area (Å²) in [4.78, 5) is 26.0. The average Bonchev–Trinajstić information content (AvgIpc) is 2.47. The highest BCUT2D eigenvalue weighted by molar-refractivity contribution is 5.95. The monoisotopic (exact) mass is 288 g/mol. The van der Waals surface area contributed by atoms with Gasteiger partial charge in [0, 0.05) is 6.04 Å². The van der Waals surface area contributed by atoms with Crippen molar-refractivity contribution in [3.63, 3.8) is 0 Å². The first-order valence-electron chi connectivity index (χ1n) is 7.63. The van der Waals surface area contributed by atoms with Crippen LogP contribution in [0.1, 0.15) is 32.8 Å². The van der Waals surface area contributed by atoms with Crippen molar-refractivity contribution in [3.05, 3.63) is 35.9 Å². The quantitative estimate of drug-likeness (QED) is 0.901. The van der Waals surface area contributed by atoms with E-state index in [1.54, 1.807) is 4.90 Å². The highest BCUT2D eigenvalue weighted by atomic mass is 16.2. The number of hydrogen-bond donors (Lipinski definition) is 1. The van der Waals surface area contributed by atoms with E-state index in [4.69, 9.17) is 0 Å². The number of carbonyl (C=O) groups excluding carboxylic acids is 2. The van der Waals surface area contributed by atoms with E-state index in [0.717, 1.165) is 12.8 Å². The molecule has 1 fully saturated rings. The molecule has 0 saturated carbocycles. The molecule has 0 spiro atoms.